The molecule has 0 aliphatic heterocycles. The molecule has 0 bridgehead atoms. The molecule has 138 valence electrons. The molecule has 0 aliphatic rings. The van der Waals surface area contributed by atoms with E-state index in [4.69, 9.17) is 4.42 Å². The third kappa shape index (κ3) is 4.89. The maximum absolute atomic E-state index is 12.4. The lowest BCUT2D eigenvalue weighted by molar-refractivity contribution is -0.117. The Morgan fingerprint density at radius 2 is 2.23 bits per heavy atom. The van der Waals surface area contributed by atoms with Gasteiger partial charge in [-0.1, -0.05) is 6.92 Å². The summed E-state index contributed by atoms with van der Waals surface area (Å²) in [7, 11) is 0. The molecule has 1 atom stereocenters. The Bertz CT molecular complexity index is 807. The molecule has 0 aromatic carbocycles. The summed E-state index contributed by atoms with van der Waals surface area (Å²) in [6.07, 6.45) is 5.87. The highest BCUT2D eigenvalue weighted by Gasteiger charge is 2.15. The van der Waals surface area contributed by atoms with Crippen LogP contribution in [0.2, 0.25) is 0 Å². The molecule has 0 fully saturated rings. The Hall–Kier alpha value is -2.74. The number of aryl methyl sites for hydroxylation is 2. The van der Waals surface area contributed by atoms with E-state index in [-0.39, 0.29) is 17.5 Å². The molecule has 26 heavy (non-hydrogen) atoms. The van der Waals surface area contributed by atoms with E-state index >= 15 is 0 Å². The van der Waals surface area contributed by atoms with Crippen molar-refractivity contribution in [2.75, 3.05) is 0 Å². The van der Waals surface area contributed by atoms with E-state index in [0.717, 1.165) is 48.5 Å². The summed E-state index contributed by atoms with van der Waals surface area (Å²) in [5.41, 5.74) is 3.27. The molecule has 0 saturated carbocycles. The smallest absolute Gasteiger partial charge is 0.262 e. The zero-order valence-corrected chi connectivity index (χ0v) is 16.0. The quantitative estimate of drug-likeness (QED) is 0.572. The fourth-order valence-corrected chi connectivity index (χ4v) is 3.03. The second kappa shape index (κ2) is 9.10. The van der Waals surface area contributed by atoms with Gasteiger partial charge >= 0.3 is 0 Å². The van der Waals surface area contributed by atoms with Gasteiger partial charge in [0.2, 0.25) is 0 Å². The summed E-state index contributed by atoms with van der Waals surface area (Å²) in [4.78, 5) is 12.4. The first-order valence-corrected chi connectivity index (χ1v) is 9.08. The SMILES string of the molecule is CCCn1c(C)cc(/C=C(/C#N)C(=O)NC(C)CCc2ccco2)c1C. The summed E-state index contributed by atoms with van der Waals surface area (Å²) in [6.45, 7) is 9.06. The molecule has 0 spiro atoms. The van der Waals surface area contributed by atoms with Gasteiger partial charge in [-0.25, -0.2) is 0 Å². The number of furan rings is 1. The van der Waals surface area contributed by atoms with Gasteiger partial charge in [-0.05, 0) is 63.5 Å². The Labute approximate surface area is 155 Å². The molecule has 0 saturated heterocycles. The molecule has 5 heteroatoms. The molecule has 2 heterocycles. The van der Waals surface area contributed by atoms with Crippen molar-refractivity contribution < 1.29 is 9.21 Å². The first-order chi connectivity index (χ1) is 12.5. The maximum Gasteiger partial charge on any atom is 0.262 e. The molecule has 1 N–H and O–H groups in total. The Morgan fingerprint density at radius 3 is 2.85 bits per heavy atom. The molecular weight excluding hydrogens is 326 g/mol. The Kier molecular flexibility index (Phi) is 6.85. The lowest BCUT2D eigenvalue weighted by Crippen LogP contribution is -2.33. The van der Waals surface area contributed by atoms with Gasteiger partial charge in [0.15, 0.2) is 0 Å². The second-order valence-corrected chi connectivity index (χ2v) is 6.64. The highest BCUT2D eigenvalue weighted by Crippen LogP contribution is 2.19. The fraction of sp³-hybridized carbons (Fsp3) is 0.429. The van der Waals surface area contributed by atoms with Crippen molar-refractivity contribution in [1.82, 2.24) is 9.88 Å². The number of rotatable bonds is 8. The van der Waals surface area contributed by atoms with Crippen LogP contribution in [-0.4, -0.2) is 16.5 Å². The van der Waals surface area contributed by atoms with Crippen LogP contribution in [0.5, 0.6) is 0 Å². The van der Waals surface area contributed by atoms with Gasteiger partial charge in [-0.3, -0.25) is 4.79 Å². The van der Waals surface area contributed by atoms with E-state index < -0.39 is 0 Å². The molecule has 2 aromatic rings. The Balaban J connectivity index is 2.05. The molecule has 0 radical (unpaired) electrons. The minimum Gasteiger partial charge on any atom is -0.469 e. The summed E-state index contributed by atoms with van der Waals surface area (Å²) < 4.78 is 7.52. The average molecular weight is 353 g/mol. The largest absolute Gasteiger partial charge is 0.469 e. The van der Waals surface area contributed by atoms with Crippen LogP contribution in [0.25, 0.3) is 6.08 Å². The van der Waals surface area contributed by atoms with Gasteiger partial charge in [-0.2, -0.15) is 5.26 Å². The topological polar surface area (TPSA) is 71.0 Å². The van der Waals surface area contributed by atoms with Crippen LogP contribution in [0.4, 0.5) is 0 Å². The van der Waals surface area contributed by atoms with Gasteiger partial charge in [0.1, 0.15) is 17.4 Å². The van der Waals surface area contributed by atoms with Crippen LogP contribution in [0.15, 0.2) is 34.5 Å². The maximum atomic E-state index is 12.4. The van der Waals surface area contributed by atoms with Crippen molar-refractivity contribution in [3.05, 3.63) is 52.7 Å². The number of carbonyl (C=O) groups is 1. The van der Waals surface area contributed by atoms with Crippen molar-refractivity contribution >= 4 is 12.0 Å². The predicted octanol–water partition coefficient (Wildman–Crippen LogP) is 4.15. The number of hydrogen-bond acceptors (Lipinski definition) is 3. The number of carbonyl (C=O) groups excluding carboxylic acids is 1. The normalized spacial score (nSPS) is 12.7. The van der Waals surface area contributed by atoms with E-state index in [1.807, 2.05) is 45.0 Å². The third-order valence-electron chi connectivity index (χ3n) is 4.51. The molecule has 1 amide bonds. The predicted molar refractivity (Wildman–Crippen MR) is 102 cm³/mol. The van der Waals surface area contributed by atoms with Crippen molar-refractivity contribution in [3.63, 3.8) is 0 Å². The second-order valence-electron chi connectivity index (χ2n) is 6.64. The highest BCUT2D eigenvalue weighted by molar-refractivity contribution is 6.01. The highest BCUT2D eigenvalue weighted by atomic mass is 16.3. The monoisotopic (exact) mass is 353 g/mol. The van der Waals surface area contributed by atoms with E-state index in [1.165, 1.54) is 0 Å². The summed E-state index contributed by atoms with van der Waals surface area (Å²) >= 11 is 0. The van der Waals surface area contributed by atoms with E-state index in [2.05, 4.69) is 16.8 Å². The van der Waals surface area contributed by atoms with Gasteiger partial charge in [-0.15, -0.1) is 0 Å². The van der Waals surface area contributed by atoms with Crippen LogP contribution >= 0.6 is 0 Å². The third-order valence-corrected chi connectivity index (χ3v) is 4.51. The van der Waals surface area contributed by atoms with Crippen molar-refractivity contribution in [3.8, 4) is 6.07 Å². The number of aromatic nitrogens is 1. The van der Waals surface area contributed by atoms with Crippen molar-refractivity contribution in [2.45, 2.75) is 59.5 Å². The first-order valence-electron chi connectivity index (χ1n) is 9.08. The Morgan fingerprint density at radius 1 is 1.46 bits per heavy atom. The van der Waals surface area contributed by atoms with Crippen LogP contribution < -0.4 is 5.32 Å². The van der Waals surface area contributed by atoms with Crippen molar-refractivity contribution in [2.24, 2.45) is 0 Å². The zero-order valence-electron chi connectivity index (χ0n) is 16.0. The van der Waals surface area contributed by atoms with Crippen LogP contribution in [-0.2, 0) is 17.8 Å². The van der Waals surface area contributed by atoms with Gasteiger partial charge < -0.3 is 14.3 Å². The summed E-state index contributed by atoms with van der Waals surface area (Å²) in [5.74, 6) is 0.560. The molecule has 5 nitrogen and oxygen atoms in total. The number of nitrogens with one attached hydrogen (secondary N) is 1. The minimum absolute atomic E-state index is 0.0446. The summed E-state index contributed by atoms with van der Waals surface area (Å²) in [6, 6.07) is 7.78. The van der Waals surface area contributed by atoms with Gasteiger partial charge in [0.25, 0.3) is 5.91 Å². The van der Waals surface area contributed by atoms with Gasteiger partial charge in [0.05, 0.1) is 6.26 Å². The standard InChI is InChI=1S/C21H27N3O2/c1-5-10-24-16(3)12-18(17(24)4)13-19(14-22)21(25)23-15(2)8-9-20-7-6-11-26-20/h6-7,11-13,15H,5,8-10H2,1-4H3,(H,23,25)/b19-13-. The van der Waals surface area contributed by atoms with Crippen LogP contribution in [0.3, 0.4) is 0 Å². The molecule has 2 aromatic heterocycles. The number of nitriles is 1. The lowest BCUT2D eigenvalue weighted by Gasteiger charge is -2.12. The molecule has 0 aliphatic carbocycles. The lowest BCUT2D eigenvalue weighted by atomic mass is 10.1. The van der Waals surface area contributed by atoms with E-state index in [9.17, 15) is 10.1 Å². The van der Waals surface area contributed by atoms with Crippen molar-refractivity contribution in [1.29, 1.82) is 5.26 Å². The zero-order chi connectivity index (χ0) is 19.1. The average Bonchev–Trinajstić information content (AvgIpc) is 3.22. The minimum atomic E-state index is -0.334. The van der Waals surface area contributed by atoms with E-state index in [1.54, 1.807) is 12.3 Å². The molecule has 2 rings (SSSR count). The first kappa shape index (κ1) is 19.6. The van der Waals surface area contributed by atoms with Gasteiger partial charge in [0, 0.05) is 30.4 Å². The number of nitrogens with zero attached hydrogens (tertiary/aromatic N) is 2. The number of hydrogen-bond donors (Lipinski definition) is 1. The van der Waals surface area contributed by atoms with Crippen LogP contribution in [0, 0.1) is 25.2 Å². The van der Waals surface area contributed by atoms with Crippen LogP contribution in [0.1, 0.15) is 49.4 Å². The molecular formula is C21H27N3O2. The van der Waals surface area contributed by atoms with E-state index in [0.29, 0.717) is 0 Å². The fourth-order valence-electron chi connectivity index (χ4n) is 3.03. The molecule has 1 unspecified atom stereocenters. The summed E-state index contributed by atoms with van der Waals surface area (Å²) in [5, 5.41) is 12.3. The number of amides is 1.